The maximum Gasteiger partial charge on any atom is 0.409 e. The van der Waals surface area contributed by atoms with Crippen molar-refractivity contribution in [2.24, 2.45) is 0 Å². The van der Waals surface area contributed by atoms with Crippen LogP contribution in [0.25, 0.3) is 0 Å². The molecule has 1 saturated heterocycles. The van der Waals surface area contributed by atoms with Crippen LogP contribution in [0.1, 0.15) is 6.92 Å². The SMILES string of the molecule is CCOC(=O)N1CC(NCC(=O)O)C1. The molecule has 0 saturated carbocycles. The van der Waals surface area contributed by atoms with Crippen molar-refractivity contribution >= 4 is 12.1 Å². The molecule has 2 N–H and O–H groups in total. The van der Waals surface area contributed by atoms with Crippen LogP contribution >= 0.6 is 0 Å². The molecule has 1 fully saturated rings. The van der Waals surface area contributed by atoms with Gasteiger partial charge in [0.2, 0.25) is 0 Å². The minimum absolute atomic E-state index is 0.0681. The second-order valence-corrected chi connectivity index (χ2v) is 3.08. The average molecular weight is 202 g/mol. The highest BCUT2D eigenvalue weighted by Crippen LogP contribution is 2.08. The molecule has 0 spiro atoms. The number of ether oxygens (including phenoxy) is 1. The number of amides is 1. The summed E-state index contributed by atoms with van der Waals surface area (Å²) in [5.41, 5.74) is 0. The molecular weight excluding hydrogens is 188 g/mol. The summed E-state index contributed by atoms with van der Waals surface area (Å²) in [6, 6.07) is 0.0792. The van der Waals surface area contributed by atoms with Crippen LogP contribution in [-0.4, -0.2) is 54.4 Å². The molecule has 1 aliphatic rings. The van der Waals surface area contributed by atoms with Gasteiger partial charge in [-0.05, 0) is 6.92 Å². The summed E-state index contributed by atoms with van der Waals surface area (Å²) in [7, 11) is 0. The highest BCUT2D eigenvalue weighted by molar-refractivity contribution is 5.70. The zero-order valence-electron chi connectivity index (χ0n) is 8.02. The van der Waals surface area contributed by atoms with Crippen LogP contribution in [0.3, 0.4) is 0 Å². The first-order valence-electron chi connectivity index (χ1n) is 4.50. The van der Waals surface area contributed by atoms with E-state index < -0.39 is 5.97 Å². The number of aliphatic carboxylic acids is 1. The third-order valence-electron chi connectivity index (χ3n) is 1.95. The van der Waals surface area contributed by atoms with Gasteiger partial charge in [-0.3, -0.25) is 4.79 Å². The zero-order valence-corrected chi connectivity index (χ0v) is 8.02. The average Bonchev–Trinajstić information content (AvgIpc) is 2.01. The minimum Gasteiger partial charge on any atom is -0.480 e. The predicted octanol–water partition coefficient (Wildman–Crippen LogP) is -0.499. The van der Waals surface area contributed by atoms with Gasteiger partial charge in [-0.2, -0.15) is 0 Å². The summed E-state index contributed by atoms with van der Waals surface area (Å²) in [6.45, 7) is 3.08. The van der Waals surface area contributed by atoms with Gasteiger partial charge in [0.25, 0.3) is 0 Å². The number of hydrogen-bond acceptors (Lipinski definition) is 4. The Hall–Kier alpha value is -1.30. The van der Waals surface area contributed by atoms with Crippen molar-refractivity contribution in [2.75, 3.05) is 26.2 Å². The van der Waals surface area contributed by atoms with E-state index in [1.54, 1.807) is 6.92 Å². The lowest BCUT2D eigenvalue weighted by Crippen LogP contribution is -2.60. The Balaban J connectivity index is 2.11. The molecule has 6 nitrogen and oxygen atoms in total. The van der Waals surface area contributed by atoms with E-state index in [4.69, 9.17) is 9.84 Å². The number of likely N-dealkylation sites (tertiary alicyclic amines) is 1. The molecule has 0 aliphatic carbocycles. The van der Waals surface area contributed by atoms with E-state index in [2.05, 4.69) is 5.32 Å². The van der Waals surface area contributed by atoms with Gasteiger partial charge in [-0.25, -0.2) is 4.79 Å². The summed E-state index contributed by atoms with van der Waals surface area (Å²) in [4.78, 5) is 22.8. The van der Waals surface area contributed by atoms with Crippen LogP contribution in [0.2, 0.25) is 0 Å². The number of carboxylic acid groups (broad SMARTS) is 1. The van der Waals surface area contributed by atoms with Gasteiger partial charge in [0.05, 0.1) is 13.2 Å². The fourth-order valence-corrected chi connectivity index (χ4v) is 1.20. The van der Waals surface area contributed by atoms with E-state index in [0.29, 0.717) is 19.7 Å². The first-order chi connectivity index (χ1) is 6.63. The van der Waals surface area contributed by atoms with Crippen molar-refractivity contribution in [3.63, 3.8) is 0 Å². The molecule has 1 rings (SSSR count). The number of nitrogens with one attached hydrogen (secondary N) is 1. The number of carbonyl (C=O) groups excluding carboxylic acids is 1. The monoisotopic (exact) mass is 202 g/mol. The maximum absolute atomic E-state index is 11.1. The smallest absolute Gasteiger partial charge is 0.409 e. The Kier molecular flexibility index (Phi) is 3.70. The summed E-state index contributed by atoms with van der Waals surface area (Å²) < 4.78 is 4.76. The highest BCUT2D eigenvalue weighted by atomic mass is 16.6. The van der Waals surface area contributed by atoms with Gasteiger partial charge >= 0.3 is 12.1 Å². The molecule has 1 heterocycles. The van der Waals surface area contributed by atoms with Gasteiger partial charge in [0, 0.05) is 19.1 Å². The maximum atomic E-state index is 11.1. The van der Waals surface area contributed by atoms with Crippen LogP contribution < -0.4 is 5.32 Å². The van der Waals surface area contributed by atoms with Gasteiger partial charge in [-0.15, -0.1) is 0 Å². The lowest BCUT2D eigenvalue weighted by atomic mass is 10.1. The first-order valence-corrected chi connectivity index (χ1v) is 4.50. The molecule has 0 radical (unpaired) electrons. The first kappa shape index (κ1) is 10.8. The lowest BCUT2D eigenvalue weighted by molar-refractivity contribution is -0.136. The molecule has 0 aromatic heterocycles. The van der Waals surface area contributed by atoms with Crippen molar-refractivity contribution in [1.82, 2.24) is 10.2 Å². The summed E-state index contributed by atoms with van der Waals surface area (Å²) in [5.74, 6) is -0.889. The summed E-state index contributed by atoms with van der Waals surface area (Å²) >= 11 is 0. The van der Waals surface area contributed by atoms with Crippen molar-refractivity contribution in [1.29, 1.82) is 0 Å². The Morgan fingerprint density at radius 1 is 1.57 bits per heavy atom. The molecule has 14 heavy (non-hydrogen) atoms. The second-order valence-electron chi connectivity index (χ2n) is 3.08. The second kappa shape index (κ2) is 4.80. The number of carbonyl (C=O) groups is 2. The van der Waals surface area contributed by atoms with Crippen LogP contribution in [0.4, 0.5) is 4.79 Å². The quantitative estimate of drug-likeness (QED) is 0.642. The van der Waals surface area contributed by atoms with Gasteiger partial charge in [0.15, 0.2) is 0 Å². The molecule has 0 aromatic carbocycles. The van der Waals surface area contributed by atoms with Crippen molar-refractivity contribution in [3.05, 3.63) is 0 Å². The molecule has 0 atom stereocenters. The van der Waals surface area contributed by atoms with Gasteiger partial charge < -0.3 is 20.1 Å². The largest absolute Gasteiger partial charge is 0.480 e. The van der Waals surface area contributed by atoms with Crippen molar-refractivity contribution < 1.29 is 19.4 Å². The molecule has 0 aromatic rings. The van der Waals surface area contributed by atoms with Gasteiger partial charge in [0.1, 0.15) is 0 Å². The van der Waals surface area contributed by atoms with Crippen molar-refractivity contribution in [3.8, 4) is 0 Å². The molecular formula is C8H14N2O4. The Labute approximate surface area is 81.8 Å². The molecule has 0 bridgehead atoms. The molecule has 1 amide bonds. The zero-order chi connectivity index (χ0) is 10.6. The molecule has 1 aliphatic heterocycles. The summed E-state index contributed by atoms with van der Waals surface area (Å²) in [5, 5.41) is 11.2. The van der Waals surface area contributed by atoms with E-state index in [1.165, 1.54) is 4.90 Å². The fourth-order valence-electron chi connectivity index (χ4n) is 1.20. The van der Waals surface area contributed by atoms with E-state index >= 15 is 0 Å². The standard InChI is InChI=1S/C8H14N2O4/c1-2-14-8(13)10-4-6(5-10)9-3-7(11)12/h6,9H,2-5H2,1H3,(H,11,12). The van der Waals surface area contributed by atoms with E-state index in [9.17, 15) is 9.59 Å². The number of nitrogens with zero attached hydrogens (tertiary/aromatic N) is 1. The summed E-state index contributed by atoms with van der Waals surface area (Å²) in [6.07, 6.45) is -0.333. The number of hydrogen-bond donors (Lipinski definition) is 2. The number of carboxylic acids is 1. The third kappa shape index (κ3) is 2.88. The van der Waals surface area contributed by atoms with Crippen LogP contribution in [0.5, 0.6) is 0 Å². The molecule has 80 valence electrons. The lowest BCUT2D eigenvalue weighted by Gasteiger charge is -2.38. The van der Waals surface area contributed by atoms with E-state index in [-0.39, 0.29) is 18.7 Å². The molecule has 6 heteroatoms. The normalized spacial score (nSPS) is 16.2. The topological polar surface area (TPSA) is 78.9 Å². The minimum atomic E-state index is -0.889. The Bertz CT molecular complexity index is 225. The van der Waals surface area contributed by atoms with E-state index in [1.807, 2.05) is 0 Å². The van der Waals surface area contributed by atoms with Crippen LogP contribution in [0.15, 0.2) is 0 Å². The van der Waals surface area contributed by atoms with Crippen LogP contribution in [-0.2, 0) is 9.53 Å². The van der Waals surface area contributed by atoms with Gasteiger partial charge in [-0.1, -0.05) is 0 Å². The predicted molar refractivity (Wildman–Crippen MR) is 48.0 cm³/mol. The third-order valence-corrected chi connectivity index (χ3v) is 1.95. The van der Waals surface area contributed by atoms with Crippen LogP contribution in [0, 0.1) is 0 Å². The Morgan fingerprint density at radius 2 is 2.21 bits per heavy atom. The van der Waals surface area contributed by atoms with E-state index in [0.717, 1.165) is 0 Å². The highest BCUT2D eigenvalue weighted by Gasteiger charge is 2.31. The molecule has 0 unspecified atom stereocenters. The Morgan fingerprint density at radius 3 is 2.71 bits per heavy atom. The number of rotatable bonds is 4. The van der Waals surface area contributed by atoms with Crippen molar-refractivity contribution in [2.45, 2.75) is 13.0 Å². The fraction of sp³-hybridized carbons (Fsp3) is 0.750.